The van der Waals surface area contributed by atoms with Crippen molar-refractivity contribution in [2.75, 3.05) is 38.2 Å². The number of nitrogens with zero attached hydrogens (tertiary/aromatic N) is 4. The Labute approximate surface area is 161 Å². The SMILES string of the molecule is COCc1cc(N2CCC(N3CCCC(C(=O)NC4CC4)C3)CC2)ncn1. The Kier molecular flexibility index (Phi) is 5.88. The molecule has 1 saturated carbocycles. The lowest BCUT2D eigenvalue weighted by molar-refractivity contribution is -0.127. The Morgan fingerprint density at radius 3 is 2.74 bits per heavy atom. The van der Waals surface area contributed by atoms with Crippen molar-refractivity contribution in [1.29, 1.82) is 0 Å². The lowest BCUT2D eigenvalue weighted by Crippen LogP contribution is -2.51. The fourth-order valence-electron chi connectivity index (χ4n) is 4.34. The van der Waals surface area contributed by atoms with Gasteiger partial charge in [-0.3, -0.25) is 9.69 Å². The summed E-state index contributed by atoms with van der Waals surface area (Å²) in [6, 6.07) is 3.08. The van der Waals surface area contributed by atoms with Crippen molar-refractivity contribution < 1.29 is 9.53 Å². The minimum Gasteiger partial charge on any atom is -0.378 e. The number of amides is 1. The third-order valence-electron chi connectivity index (χ3n) is 6.05. The number of hydrogen-bond acceptors (Lipinski definition) is 6. The summed E-state index contributed by atoms with van der Waals surface area (Å²) >= 11 is 0. The molecular formula is C20H31N5O2. The number of ether oxygens (including phenoxy) is 1. The van der Waals surface area contributed by atoms with Gasteiger partial charge in [-0.05, 0) is 45.1 Å². The zero-order valence-electron chi connectivity index (χ0n) is 16.3. The van der Waals surface area contributed by atoms with Crippen LogP contribution in [0.25, 0.3) is 0 Å². The molecule has 148 valence electrons. The summed E-state index contributed by atoms with van der Waals surface area (Å²) in [5.41, 5.74) is 0.921. The first-order valence-corrected chi connectivity index (χ1v) is 10.3. The molecule has 0 spiro atoms. The van der Waals surface area contributed by atoms with Crippen LogP contribution in [0.4, 0.5) is 5.82 Å². The second kappa shape index (κ2) is 8.52. The van der Waals surface area contributed by atoms with Gasteiger partial charge in [-0.2, -0.15) is 0 Å². The monoisotopic (exact) mass is 373 g/mol. The third kappa shape index (κ3) is 4.76. The maximum atomic E-state index is 12.4. The molecule has 0 aromatic carbocycles. The molecule has 1 atom stereocenters. The Morgan fingerprint density at radius 1 is 1.19 bits per heavy atom. The molecule has 2 aliphatic heterocycles. The lowest BCUT2D eigenvalue weighted by Gasteiger charge is -2.42. The standard InChI is InChI=1S/C20H31N5O2/c1-27-13-17-11-19(22-14-21-17)24-9-6-18(7-10-24)25-8-2-3-15(12-25)20(26)23-16-4-5-16/h11,14-16,18H,2-10,12-13H2,1H3,(H,23,26). The molecule has 0 radical (unpaired) electrons. The van der Waals surface area contributed by atoms with Crippen LogP contribution >= 0.6 is 0 Å². The van der Waals surface area contributed by atoms with Crippen molar-refractivity contribution in [2.45, 2.75) is 57.2 Å². The second-order valence-corrected chi connectivity index (χ2v) is 8.14. The van der Waals surface area contributed by atoms with E-state index in [2.05, 4.69) is 25.1 Å². The summed E-state index contributed by atoms with van der Waals surface area (Å²) in [4.78, 5) is 26.0. The van der Waals surface area contributed by atoms with Gasteiger partial charge >= 0.3 is 0 Å². The van der Waals surface area contributed by atoms with E-state index in [-0.39, 0.29) is 11.8 Å². The molecule has 1 amide bonds. The summed E-state index contributed by atoms with van der Waals surface area (Å²) < 4.78 is 5.18. The highest BCUT2D eigenvalue weighted by Crippen LogP contribution is 2.27. The maximum Gasteiger partial charge on any atom is 0.224 e. The number of aromatic nitrogens is 2. The van der Waals surface area contributed by atoms with Gasteiger partial charge < -0.3 is 15.0 Å². The number of nitrogens with one attached hydrogen (secondary N) is 1. The minimum atomic E-state index is 0.177. The van der Waals surface area contributed by atoms with Gasteiger partial charge in [-0.25, -0.2) is 9.97 Å². The molecule has 3 heterocycles. The van der Waals surface area contributed by atoms with E-state index in [1.54, 1.807) is 13.4 Å². The summed E-state index contributed by atoms with van der Waals surface area (Å²) in [6.45, 7) is 4.58. The first-order chi connectivity index (χ1) is 13.2. The summed E-state index contributed by atoms with van der Waals surface area (Å²) in [5, 5.41) is 3.19. The lowest BCUT2D eigenvalue weighted by atomic mass is 9.93. The molecular weight excluding hydrogens is 342 g/mol. The second-order valence-electron chi connectivity index (χ2n) is 8.14. The van der Waals surface area contributed by atoms with Crippen molar-refractivity contribution >= 4 is 11.7 Å². The van der Waals surface area contributed by atoms with Crippen molar-refractivity contribution in [2.24, 2.45) is 5.92 Å². The molecule has 1 aromatic heterocycles. The van der Waals surface area contributed by atoms with Crippen molar-refractivity contribution in [3.63, 3.8) is 0 Å². The minimum absolute atomic E-state index is 0.177. The van der Waals surface area contributed by atoms with Gasteiger partial charge in [-0.15, -0.1) is 0 Å². The number of carbonyl (C=O) groups is 1. The number of carbonyl (C=O) groups excluding carboxylic acids is 1. The van der Waals surface area contributed by atoms with E-state index in [0.29, 0.717) is 18.7 Å². The molecule has 0 bridgehead atoms. The van der Waals surface area contributed by atoms with E-state index in [1.165, 1.54) is 0 Å². The number of methoxy groups -OCH3 is 1. The summed E-state index contributed by atoms with van der Waals surface area (Å²) in [5.74, 6) is 1.46. The Bertz CT molecular complexity index is 643. The highest BCUT2D eigenvalue weighted by atomic mass is 16.5. The highest BCUT2D eigenvalue weighted by Gasteiger charge is 2.33. The largest absolute Gasteiger partial charge is 0.378 e. The van der Waals surface area contributed by atoms with Gasteiger partial charge in [0.05, 0.1) is 18.2 Å². The first-order valence-electron chi connectivity index (χ1n) is 10.3. The fraction of sp³-hybridized carbons (Fsp3) is 0.750. The zero-order chi connectivity index (χ0) is 18.6. The van der Waals surface area contributed by atoms with Gasteiger partial charge in [0.15, 0.2) is 0 Å². The van der Waals surface area contributed by atoms with Crippen LogP contribution in [-0.4, -0.2) is 66.1 Å². The summed E-state index contributed by atoms with van der Waals surface area (Å²) in [6.07, 6.45) is 8.38. The van der Waals surface area contributed by atoms with E-state index in [9.17, 15) is 4.79 Å². The third-order valence-corrected chi connectivity index (χ3v) is 6.05. The van der Waals surface area contributed by atoms with Crippen LogP contribution in [0.3, 0.4) is 0 Å². The smallest absolute Gasteiger partial charge is 0.224 e. The van der Waals surface area contributed by atoms with Crippen LogP contribution in [-0.2, 0) is 16.1 Å². The Hall–Kier alpha value is -1.73. The normalized spacial score (nSPS) is 24.8. The van der Waals surface area contributed by atoms with Crippen molar-refractivity contribution in [1.82, 2.24) is 20.2 Å². The van der Waals surface area contributed by atoms with E-state index in [0.717, 1.165) is 76.2 Å². The summed E-state index contributed by atoms with van der Waals surface area (Å²) in [7, 11) is 1.68. The fourth-order valence-corrected chi connectivity index (χ4v) is 4.34. The van der Waals surface area contributed by atoms with Crippen LogP contribution in [0.2, 0.25) is 0 Å². The highest BCUT2D eigenvalue weighted by molar-refractivity contribution is 5.79. The van der Waals surface area contributed by atoms with Crippen molar-refractivity contribution in [3.05, 3.63) is 18.1 Å². The van der Waals surface area contributed by atoms with Gasteiger partial charge in [-0.1, -0.05) is 0 Å². The van der Waals surface area contributed by atoms with Crippen LogP contribution in [0, 0.1) is 5.92 Å². The van der Waals surface area contributed by atoms with E-state index in [4.69, 9.17) is 4.74 Å². The van der Waals surface area contributed by atoms with Gasteiger partial charge in [0.2, 0.25) is 5.91 Å². The van der Waals surface area contributed by atoms with Gasteiger partial charge in [0, 0.05) is 44.9 Å². The molecule has 27 heavy (non-hydrogen) atoms. The Morgan fingerprint density at radius 2 is 2.00 bits per heavy atom. The van der Waals surface area contributed by atoms with E-state index >= 15 is 0 Å². The van der Waals surface area contributed by atoms with Gasteiger partial charge in [0.25, 0.3) is 0 Å². The topological polar surface area (TPSA) is 70.6 Å². The maximum absolute atomic E-state index is 12.4. The number of rotatable bonds is 6. The predicted molar refractivity (Wildman–Crippen MR) is 103 cm³/mol. The predicted octanol–water partition coefficient (Wildman–Crippen LogP) is 1.58. The van der Waals surface area contributed by atoms with Crippen molar-refractivity contribution in [3.8, 4) is 0 Å². The zero-order valence-corrected chi connectivity index (χ0v) is 16.3. The first kappa shape index (κ1) is 18.6. The van der Waals surface area contributed by atoms with Crippen LogP contribution in [0.5, 0.6) is 0 Å². The number of likely N-dealkylation sites (tertiary alicyclic amines) is 1. The average molecular weight is 374 g/mol. The number of hydrogen-bond donors (Lipinski definition) is 1. The van der Waals surface area contributed by atoms with Crippen LogP contribution in [0.15, 0.2) is 12.4 Å². The molecule has 4 rings (SSSR count). The molecule has 3 fully saturated rings. The quantitative estimate of drug-likeness (QED) is 0.816. The van der Waals surface area contributed by atoms with Crippen LogP contribution in [0.1, 0.15) is 44.2 Å². The molecule has 7 heteroatoms. The molecule has 1 N–H and O–H groups in total. The molecule has 2 saturated heterocycles. The average Bonchev–Trinajstić information content (AvgIpc) is 3.53. The molecule has 1 unspecified atom stereocenters. The molecule has 1 aliphatic carbocycles. The van der Waals surface area contributed by atoms with Gasteiger partial charge in [0.1, 0.15) is 12.1 Å². The molecule has 3 aliphatic rings. The van der Waals surface area contributed by atoms with E-state index < -0.39 is 0 Å². The molecule has 7 nitrogen and oxygen atoms in total. The number of anilines is 1. The van der Waals surface area contributed by atoms with Crippen LogP contribution < -0.4 is 10.2 Å². The number of piperidine rings is 2. The molecule has 1 aromatic rings. The van der Waals surface area contributed by atoms with E-state index in [1.807, 2.05) is 6.07 Å². The Balaban J connectivity index is 1.29.